The largest absolute Gasteiger partial charge is 0.349 e. The summed E-state index contributed by atoms with van der Waals surface area (Å²) in [5.74, 6) is -8.12. The zero-order valence-corrected chi connectivity index (χ0v) is 18.5. The molecule has 174 valence electrons. The molecule has 6 rings (SSSR count). The summed E-state index contributed by atoms with van der Waals surface area (Å²) in [6, 6.07) is 14.7. The third-order valence-electron chi connectivity index (χ3n) is 6.87. The molecule has 1 aliphatic carbocycles. The Balaban J connectivity index is 1.55. The number of benzene rings is 3. The number of hydrogen-bond donors (Lipinski definition) is 0. The van der Waals surface area contributed by atoms with Crippen molar-refractivity contribution >= 4 is 40.7 Å². The molecule has 0 radical (unpaired) electrons. The van der Waals surface area contributed by atoms with Crippen LogP contribution in [0.2, 0.25) is 5.02 Å². The van der Waals surface area contributed by atoms with Gasteiger partial charge in [0.25, 0.3) is 0 Å². The second kappa shape index (κ2) is 7.37. The number of fused-ring (bicyclic) bond motifs is 3. The molecular weight excluding hydrogens is 480 g/mol. The van der Waals surface area contributed by atoms with Crippen LogP contribution in [0.1, 0.15) is 32.4 Å². The minimum atomic E-state index is -2.28. The first-order valence-corrected chi connectivity index (χ1v) is 11.1. The molecule has 0 N–H and O–H groups in total. The van der Waals surface area contributed by atoms with E-state index in [1.54, 1.807) is 36.4 Å². The van der Waals surface area contributed by atoms with Crippen molar-refractivity contribution in [3.63, 3.8) is 0 Å². The minimum absolute atomic E-state index is 0.0830. The first kappa shape index (κ1) is 21.8. The molecule has 6 nitrogen and oxygen atoms in total. The van der Waals surface area contributed by atoms with Crippen molar-refractivity contribution in [1.29, 1.82) is 0 Å². The van der Waals surface area contributed by atoms with Gasteiger partial charge in [0.15, 0.2) is 0 Å². The molecule has 3 aliphatic rings. The maximum absolute atomic E-state index is 14.7. The van der Waals surface area contributed by atoms with Crippen LogP contribution in [-0.4, -0.2) is 29.0 Å². The Labute approximate surface area is 202 Å². The maximum atomic E-state index is 14.7. The smallest absolute Gasteiger partial charge is 0.241 e. The van der Waals surface area contributed by atoms with Gasteiger partial charge >= 0.3 is 0 Å². The molecule has 2 heterocycles. The fourth-order valence-electron chi connectivity index (χ4n) is 5.37. The quantitative estimate of drug-likeness (QED) is 0.392. The summed E-state index contributed by atoms with van der Waals surface area (Å²) < 4.78 is 34.3. The minimum Gasteiger partial charge on any atom is -0.349 e. The van der Waals surface area contributed by atoms with Gasteiger partial charge in [0.05, 0.1) is 23.6 Å². The zero-order chi connectivity index (χ0) is 24.6. The fraction of sp³-hybridized carbons (Fsp3) is 0.154. The van der Waals surface area contributed by atoms with Crippen molar-refractivity contribution < 1.29 is 32.7 Å². The van der Waals surface area contributed by atoms with Gasteiger partial charge in [-0.25, -0.2) is 13.7 Å². The molecule has 2 saturated heterocycles. The van der Waals surface area contributed by atoms with E-state index in [0.717, 1.165) is 12.1 Å². The normalized spacial score (nSPS) is 24.4. The van der Waals surface area contributed by atoms with E-state index in [4.69, 9.17) is 16.3 Å². The number of amides is 2. The average molecular weight is 494 g/mol. The van der Waals surface area contributed by atoms with E-state index in [9.17, 15) is 28.0 Å². The van der Waals surface area contributed by atoms with Crippen LogP contribution in [0.4, 0.5) is 14.5 Å². The summed E-state index contributed by atoms with van der Waals surface area (Å²) in [4.78, 5) is 55.2. The van der Waals surface area contributed by atoms with E-state index < -0.39 is 64.2 Å². The lowest BCUT2D eigenvalue weighted by Gasteiger charge is -2.27. The van der Waals surface area contributed by atoms with Crippen molar-refractivity contribution in [2.24, 2.45) is 11.8 Å². The standard InChI is InChI=1S/C26H14ClF2NO5/c27-13-7-5-12(6-8-13)21-19-20(25(34)30(24(19)33)18-10-9-14(28)11-17(18)29)26(35-21)22(31)15-3-1-2-4-16(15)23(26)32/h1-11,19-21H/t19-,20-,21+/m1/s1. The average Bonchev–Trinajstić information content (AvgIpc) is 3.40. The van der Waals surface area contributed by atoms with Crippen LogP contribution in [0, 0.1) is 23.5 Å². The molecule has 2 amide bonds. The number of nitrogens with zero attached hydrogens (tertiary/aromatic N) is 1. The van der Waals surface area contributed by atoms with E-state index in [-0.39, 0.29) is 11.1 Å². The predicted octanol–water partition coefficient (Wildman–Crippen LogP) is 4.31. The molecule has 35 heavy (non-hydrogen) atoms. The number of imide groups is 1. The monoisotopic (exact) mass is 493 g/mol. The summed E-state index contributed by atoms with van der Waals surface area (Å²) in [7, 11) is 0. The van der Waals surface area contributed by atoms with Crippen molar-refractivity contribution in [3.05, 3.63) is 100 Å². The Morgan fingerprint density at radius 2 is 1.46 bits per heavy atom. The molecule has 2 fully saturated rings. The number of hydrogen-bond acceptors (Lipinski definition) is 5. The van der Waals surface area contributed by atoms with Gasteiger partial charge < -0.3 is 4.74 Å². The zero-order valence-electron chi connectivity index (χ0n) is 17.7. The third-order valence-corrected chi connectivity index (χ3v) is 7.12. The highest BCUT2D eigenvalue weighted by Crippen LogP contribution is 2.57. The third kappa shape index (κ3) is 2.78. The van der Waals surface area contributed by atoms with Gasteiger partial charge in [-0.15, -0.1) is 0 Å². The highest BCUT2D eigenvalue weighted by Gasteiger charge is 2.74. The summed E-state index contributed by atoms with van der Waals surface area (Å²) in [6.07, 6.45) is -1.16. The number of ether oxygens (including phenoxy) is 1. The van der Waals surface area contributed by atoms with Crippen LogP contribution in [0.15, 0.2) is 66.7 Å². The lowest BCUT2D eigenvalue weighted by molar-refractivity contribution is -0.127. The topological polar surface area (TPSA) is 80.8 Å². The van der Waals surface area contributed by atoms with Gasteiger partial charge in [-0.2, -0.15) is 0 Å². The Hall–Kier alpha value is -3.75. The van der Waals surface area contributed by atoms with Crippen molar-refractivity contribution in [2.45, 2.75) is 11.7 Å². The van der Waals surface area contributed by atoms with E-state index in [2.05, 4.69) is 0 Å². The van der Waals surface area contributed by atoms with Crippen LogP contribution in [0.25, 0.3) is 0 Å². The molecule has 3 aromatic carbocycles. The number of Topliss-reactive ketones (excluding diaryl/α,β-unsaturated/α-hetero) is 2. The Bertz CT molecular complexity index is 1440. The van der Waals surface area contributed by atoms with Crippen LogP contribution in [0.3, 0.4) is 0 Å². The summed E-state index contributed by atoms with van der Waals surface area (Å²) in [5.41, 5.74) is -2.16. The molecular formula is C26H14ClF2NO5. The van der Waals surface area contributed by atoms with E-state index in [1.807, 2.05) is 0 Å². The molecule has 3 aromatic rings. The van der Waals surface area contributed by atoms with Gasteiger partial charge in [0, 0.05) is 22.2 Å². The van der Waals surface area contributed by atoms with Crippen LogP contribution >= 0.6 is 11.6 Å². The first-order chi connectivity index (χ1) is 16.8. The first-order valence-electron chi connectivity index (χ1n) is 10.7. The number of carbonyl (C=O) groups is 4. The second-order valence-corrected chi connectivity index (χ2v) is 9.08. The number of ketones is 2. The Kier molecular flexibility index (Phi) is 4.58. The van der Waals surface area contributed by atoms with Crippen molar-refractivity contribution in [3.8, 4) is 0 Å². The van der Waals surface area contributed by atoms with Gasteiger partial charge in [-0.05, 0) is 29.8 Å². The highest BCUT2D eigenvalue weighted by atomic mass is 35.5. The van der Waals surface area contributed by atoms with Crippen molar-refractivity contribution in [1.82, 2.24) is 0 Å². The molecule has 2 aliphatic heterocycles. The van der Waals surface area contributed by atoms with E-state index in [1.165, 1.54) is 12.1 Å². The Morgan fingerprint density at radius 3 is 2.06 bits per heavy atom. The molecule has 3 atom stereocenters. The number of carbonyl (C=O) groups excluding carboxylic acids is 4. The van der Waals surface area contributed by atoms with Crippen LogP contribution < -0.4 is 4.90 Å². The predicted molar refractivity (Wildman–Crippen MR) is 119 cm³/mol. The van der Waals surface area contributed by atoms with Gasteiger partial charge in [-0.1, -0.05) is 48.0 Å². The number of anilines is 1. The van der Waals surface area contributed by atoms with E-state index in [0.29, 0.717) is 21.6 Å². The summed E-state index contributed by atoms with van der Waals surface area (Å²) >= 11 is 5.99. The van der Waals surface area contributed by atoms with Crippen molar-refractivity contribution in [2.75, 3.05) is 4.90 Å². The van der Waals surface area contributed by atoms with E-state index >= 15 is 0 Å². The van der Waals surface area contributed by atoms with Gasteiger partial charge in [0.2, 0.25) is 29.0 Å². The lowest BCUT2D eigenvalue weighted by Crippen LogP contribution is -2.51. The molecule has 0 aromatic heterocycles. The number of halogens is 3. The molecule has 0 unspecified atom stereocenters. The lowest BCUT2D eigenvalue weighted by atomic mass is 9.77. The van der Waals surface area contributed by atoms with Crippen LogP contribution in [-0.2, 0) is 14.3 Å². The molecule has 9 heteroatoms. The summed E-state index contributed by atoms with van der Waals surface area (Å²) in [5, 5.41) is 0.405. The number of rotatable bonds is 2. The summed E-state index contributed by atoms with van der Waals surface area (Å²) in [6.45, 7) is 0. The highest BCUT2D eigenvalue weighted by molar-refractivity contribution is 6.37. The fourth-order valence-corrected chi connectivity index (χ4v) is 5.50. The second-order valence-electron chi connectivity index (χ2n) is 8.64. The SMILES string of the molecule is O=C1[C@H]2[C@H](c3ccc(Cl)cc3)OC3(C(=O)c4ccccc4C3=O)[C@H]2C(=O)N1c1ccc(F)cc1F. The van der Waals surface area contributed by atoms with Gasteiger partial charge in [0.1, 0.15) is 11.6 Å². The maximum Gasteiger partial charge on any atom is 0.241 e. The molecule has 0 bridgehead atoms. The van der Waals surface area contributed by atoms with Crippen LogP contribution in [0.5, 0.6) is 0 Å². The Morgan fingerprint density at radius 1 is 0.829 bits per heavy atom. The van der Waals surface area contributed by atoms with Gasteiger partial charge in [-0.3, -0.25) is 19.2 Å². The molecule has 1 spiro atoms. The molecule has 0 saturated carbocycles.